The van der Waals surface area contributed by atoms with E-state index < -0.39 is 23.8 Å². The van der Waals surface area contributed by atoms with E-state index in [0.29, 0.717) is 24.2 Å². The largest absolute Gasteiger partial charge is 0.390 e. The highest BCUT2D eigenvalue weighted by Gasteiger charge is 2.23. The lowest BCUT2D eigenvalue weighted by Crippen LogP contribution is -2.48. The van der Waals surface area contributed by atoms with Crippen molar-refractivity contribution in [3.8, 4) is 0 Å². The summed E-state index contributed by atoms with van der Waals surface area (Å²) in [5.41, 5.74) is 5.14. The van der Waals surface area contributed by atoms with Crippen LogP contribution in [0.4, 0.5) is 8.78 Å². The van der Waals surface area contributed by atoms with Crippen LogP contribution in [-0.4, -0.2) is 72.7 Å². The Hall–Kier alpha value is -2.88. The third kappa shape index (κ3) is 12.3. The summed E-state index contributed by atoms with van der Waals surface area (Å²) in [6, 6.07) is 16.5. The van der Waals surface area contributed by atoms with Gasteiger partial charge >= 0.3 is 0 Å². The van der Waals surface area contributed by atoms with Gasteiger partial charge in [0.25, 0.3) is 5.91 Å². The van der Waals surface area contributed by atoms with Crippen molar-refractivity contribution in [2.24, 2.45) is 0 Å². The number of hydrogen-bond acceptors (Lipinski definition) is 5. The molecule has 3 N–H and O–H groups in total. The summed E-state index contributed by atoms with van der Waals surface area (Å²) in [4.78, 5) is 18.1. The second-order valence-electron chi connectivity index (χ2n) is 11.4. The Labute approximate surface area is 268 Å². The Morgan fingerprint density at radius 2 is 1.57 bits per heavy atom. The van der Waals surface area contributed by atoms with Gasteiger partial charge in [0.05, 0.1) is 12.1 Å². The molecule has 2 atom stereocenters. The molecule has 0 aliphatic heterocycles. The first-order valence-corrected chi connectivity index (χ1v) is 15.3. The summed E-state index contributed by atoms with van der Waals surface area (Å²) in [5.74, 6) is -1.74. The van der Waals surface area contributed by atoms with Crippen LogP contribution in [0.1, 0.15) is 58.9 Å². The quantitative estimate of drug-likeness (QED) is 0.183. The average Bonchev–Trinajstić information content (AvgIpc) is 2.96. The van der Waals surface area contributed by atoms with Crippen molar-refractivity contribution in [1.29, 1.82) is 0 Å². The minimum Gasteiger partial charge on any atom is -0.390 e. The fraction of sp³-hybridized carbons (Fsp3) is 0.457. The topological polar surface area (TPSA) is 67.8 Å². The minimum atomic E-state index is -1.000. The Kier molecular flexibility index (Phi) is 16.0. The molecule has 3 aromatic carbocycles. The van der Waals surface area contributed by atoms with Crippen LogP contribution < -0.4 is 10.6 Å². The number of aliphatic hydroxyl groups is 1. The maximum atomic E-state index is 14.0. The number of rotatable bonds is 17. The zero-order valence-electron chi connectivity index (χ0n) is 26.7. The maximum absolute atomic E-state index is 14.0. The molecule has 0 unspecified atom stereocenters. The first-order valence-electron chi connectivity index (χ1n) is 15.3. The molecule has 0 fully saturated rings. The molecule has 0 saturated carbocycles. The molecule has 0 aromatic heterocycles. The van der Waals surface area contributed by atoms with Crippen molar-refractivity contribution in [3.05, 3.63) is 106 Å². The number of carbonyl (C=O) groups excluding carboxylic acids is 1. The van der Waals surface area contributed by atoms with E-state index in [-0.39, 0.29) is 31.3 Å². The van der Waals surface area contributed by atoms with Crippen molar-refractivity contribution in [2.45, 2.75) is 65.8 Å². The van der Waals surface area contributed by atoms with Crippen molar-refractivity contribution in [1.82, 2.24) is 20.4 Å². The number of hydrogen-bond donors (Lipinski definition) is 3. The van der Waals surface area contributed by atoms with Crippen molar-refractivity contribution in [3.63, 3.8) is 0 Å². The molecule has 44 heavy (non-hydrogen) atoms. The van der Waals surface area contributed by atoms with Gasteiger partial charge in [-0.25, -0.2) is 8.78 Å². The predicted octanol–water partition coefficient (Wildman–Crippen LogP) is 5.52. The van der Waals surface area contributed by atoms with Gasteiger partial charge in [-0.2, -0.15) is 0 Å². The van der Waals surface area contributed by atoms with Crippen LogP contribution in [-0.2, 0) is 25.9 Å². The number of halogens is 3. The number of aryl methyl sites for hydroxylation is 2. The molecule has 0 spiro atoms. The maximum Gasteiger partial charge on any atom is 0.251 e. The number of benzene rings is 3. The van der Waals surface area contributed by atoms with E-state index in [1.807, 2.05) is 31.2 Å². The van der Waals surface area contributed by atoms with Gasteiger partial charge < -0.3 is 25.5 Å². The summed E-state index contributed by atoms with van der Waals surface area (Å²) >= 11 is 0. The third-order valence-electron chi connectivity index (χ3n) is 7.79. The average molecular weight is 631 g/mol. The number of amides is 1. The van der Waals surface area contributed by atoms with Crippen LogP contribution in [0.15, 0.2) is 60.7 Å². The highest BCUT2D eigenvalue weighted by atomic mass is 35.5. The number of nitrogens with zero attached hydrogens (tertiary/aromatic N) is 2. The molecule has 0 saturated heterocycles. The van der Waals surface area contributed by atoms with Crippen LogP contribution in [0.3, 0.4) is 0 Å². The molecule has 242 valence electrons. The number of likely N-dealkylation sites (N-methyl/N-ethyl adjacent to an activating group) is 2. The van der Waals surface area contributed by atoms with Gasteiger partial charge in [-0.1, -0.05) is 56.7 Å². The molecule has 9 heteroatoms. The zero-order chi connectivity index (χ0) is 31.4. The molecule has 0 heterocycles. The van der Waals surface area contributed by atoms with Gasteiger partial charge in [0, 0.05) is 44.4 Å². The van der Waals surface area contributed by atoms with Crippen LogP contribution in [0.25, 0.3) is 0 Å². The first kappa shape index (κ1) is 37.3. The Morgan fingerprint density at radius 3 is 2.23 bits per heavy atom. The highest BCUT2D eigenvalue weighted by molar-refractivity contribution is 5.94. The Morgan fingerprint density at radius 1 is 0.886 bits per heavy atom. The van der Waals surface area contributed by atoms with Crippen molar-refractivity contribution < 1.29 is 18.7 Å². The molecular formula is C35H49ClF2N4O2. The fourth-order valence-corrected chi connectivity index (χ4v) is 5.31. The molecule has 0 aliphatic rings. The molecule has 3 aromatic rings. The Bertz CT molecular complexity index is 1300. The second-order valence-corrected chi connectivity index (χ2v) is 11.4. The second kappa shape index (κ2) is 18.8. The van der Waals surface area contributed by atoms with Gasteiger partial charge in [-0.15, -0.1) is 12.4 Å². The van der Waals surface area contributed by atoms with Gasteiger partial charge in [-0.05, 0) is 86.4 Å². The summed E-state index contributed by atoms with van der Waals surface area (Å²) in [6.45, 7) is 13.7. The third-order valence-corrected chi connectivity index (χ3v) is 7.79. The monoisotopic (exact) mass is 630 g/mol. The number of carbonyl (C=O) groups is 1. The standard InChI is InChI=1S/C35H48F2N4O2.ClH/c1-6-26-10-9-11-27(16-26)22-38-23-34(42)33(20-28-18-31(36)21-32(37)19-28)39-35(43)30-15-25(4)14-29(17-30)24-40(5)12-13-41(7-2)8-3;/h9-11,14-19,21,33-34,38,42H,6-8,12-13,20,22-24H2,1-5H3,(H,39,43);1H/t33-,34+;/m0./s1. The molecule has 6 nitrogen and oxygen atoms in total. The van der Waals surface area contributed by atoms with Gasteiger partial charge in [0.1, 0.15) is 11.6 Å². The van der Waals surface area contributed by atoms with E-state index in [1.54, 1.807) is 0 Å². The summed E-state index contributed by atoms with van der Waals surface area (Å²) in [7, 11) is 2.07. The van der Waals surface area contributed by atoms with Crippen LogP contribution in [0.2, 0.25) is 0 Å². The molecule has 0 bridgehead atoms. The van der Waals surface area contributed by atoms with E-state index in [4.69, 9.17) is 0 Å². The molecule has 1 amide bonds. The van der Waals surface area contributed by atoms with E-state index in [9.17, 15) is 18.7 Å². The molecule has 0 aliphatic carbocycles. The van der Waals surface area contributed by atoms with Crippen LogP contribution in [0.5, 0.6) is 0 Å². The van der Waals surface area contributed by atoms with Crippen LogP contribution >= 0.6 is 12.4 Å². The summed E-state index contributed by atoms with van der Waals surface area (Å²) in [6.07, 6.45) is 0.00349. The summed E-state index contributed by atoms with van der Waals surface area (Å²) in [5, 5.41) is 17.4. The summed E-state index contributed by atoms with van der Waals surface area (Å²) < 4.78 is 28.0. The molecule has 3 rings (SSSR count). The number of aliphatic hydroxyl groups excluding tert-OH is 1. The van der Waals surface area contributed by atoms with E-state index in [1.165, 1.54) is 17.7 Å². The van der Waals surface area contributed by atoms with Gasteiger partial charge in [-0.3, -0.25) is 4.79 Å². The molecule has 0 radical (unpaired) electrons. The lowest BCUT2D eigenvalue weighted by Gasteiger charge is -2.25. The van der Waals surface area contributed by atoms with Crippen LogP contribution in [0, 0.1) is 18.6 Å². The van der Waals surface area contributed by atoms with Gasteiger partial charge in [0.15, 0.2) is 0 Å². The first-order chi connectivity index (χ1) is 20.6. The smallest absolute Gasteiger partial charge is 0.251 e. The van der Waals surface area contributed by atoms with Crippen molar-refractivity contribution >= 4 is 18.3 Å². The molecular weight excluding hydrogens is 582 g/mol. The lowest BCUT2D eigenvalue weighted by molar-refractivity contribution is 0.0829. The minimum absolute atomic E-state index is 0. The predicted molar refractivity (Wildman–Crippen MR) is 177 cm³/mol. The zero-order valence-corrected chi connectivity index (χ0v) is 27.5. The van der Waals surface area contributed by atoms with E-state index >= 15 is 0 Å². The van der Waals surface area contributed by atoms with E-state index in [0.717, 1.165) is 55.4 Å². The lowest BCUT2D eigenvalue weighted by atomic mass is 9.99. The van der Waals surface area contributed by atoms with Crippen molar-refractivity contribution in [2.75, 3.05) is 39.8 Å². The Balaban J connectivity index is 0.00000675. The SMILES string of the molecule is CCc1cccc(CNC[C@@H](O)[C@H](Cc2cc(F)cc(F)c2)NC(=O)c2cc(C)cc(CN(C)CCN(CC)CC)c2)c1.Cl. The van der Waals surface area contributed by atoms with Gasteiger partial charge in [0.2, 0.25) is 0 Å². The number of nitrogens with one attached hydrogen (secondary N) is 2. The highest BCUT2D eigenvalue weighted by Crippen LogP contribution is 2.15. The van der Waals surface area contributed by atoms with E-state index in [2.05, 4.69) is 66.5 Å². The normalized spacial score (nSPS) is 12.7. The fourth-order valence-electron chi connectivity index (χ4n) is 5.31.